The van der Waals surface area contributed by atoms with E-state index < -0.39 is 11.8 Å². The van der Waals surface area contributed by atoms with Crippen molar-refractivity contribution in [3.63, 3.8) is 0 Å². The highest BCUT2D eigenvalue weighted by molar-refractivity contribution is 6.36. The largest absolute Gasteiger partial charge is 0.487 e. The number of nitrogens with zero attached hydrogens (tertiary/aromatic N) is 2. The first-order valence-corrected chi connectivity index (χ1v) is 7.53. The Hall–Kier alpha value is -2.38. The first-order valence-electron chi connectivity index (χ1n) is 6.77. The predicted octanol–water partition coefficient (Wildman–Crippen LogP) is 3.16. The van der Waals surface area contributed by atoms with Gasteiger partial charge in [-0.15, -0.1) is 0 Å². The Balaban J connectivity index is 1.69. The van der Waals surface area contributed by atoms with Crippen molar-refractivity contribution in [1.82, 2.24) is 10.3 Å². The Morgan fingerprint density at radius 3 is 2.50 bits per heavy atom. The third-order valence-electron chi connectivity index (χ3n) is 3.28. The number of imide groups is 1. The van der Waals surface area contributed by atoms with Gasteiger partial charge < -0.3 is 4.74 Å². The van der Waals surface area contributed by atoms with Gasteiger partial charge in [-0.1, -0.05) is 23.2 Å². The number of urea groups is 1. The molecule has 1 aromatic carbocycles. The molecule has 1 aromatic heterocycles. The van der Waals surface area contributed by atoms with Crippen LogP contribution in [0.4, 0.5) is 15.0 Å². The van der Waals surface area contributed by atoms with Gasteiger partial charge in [0.25, 0.3) is 0 Å². The van der Waals surface area contributed by atoms with Crippen molar-refractivity contribution in [3.8, 4) is 5.75 Å². The number of halogens is 3. The lowest BCUT2D eigenvalue weighted by Crippen LogP contribution is -2.28. The topological polar surface area (TPSA) is 71.5 Å². The lowest BCUT2D eigenvalue weighted by atomic mass is 10.2. The second-order valence-electron chi connectivity index (χ2n) is 4.93. The molecule has 3 amide bonds. The van der Waals surface area contributed by atoms with Gasteiger partial charge >= 0.3 is 6.03 Å². The predicted molar refractivity (Wildman–Crippen MR) is 85.9 cm³/mol. The zero-order chi connectivity index (χ0) is 17.3. The van der Waals surface area contributed by atoms with Gasteiger partial charge in [-0.3, -0.25) is 15.0 Å². The van der Waals surface area contributed by atoms with Crippen LogP contribution in [0, 0.1) is 5.82 Å². The van der Waals surface area contributed by atoms with E-state index in [1.807, 2.05) is 0 Å². The highest BCUT2D eigenvalue weighted by Crippen LogP contribution is 2.27. The van der Waals surface area contributed by atoms with E-state index in [0.29, 0.717) is 17.1 Å². The van der Waals surface area contributed by atoms with Gasteiger partial charge in [-0.2, -0.15) is 0 Å². The van der Waals surface area contributed by atoms with Crippen LogP contribution < -0.4 is 15.0 Å². The zero-order valence-electron chi connectivity index (χ0n) is 12.1. The number of pyridine rings is 1. The first kappa shape index (κ1) is 16.5. The summed E-state index contributed by atoms with van der Waals surface area (Å²) in [4.78, 5) is 28.0. The molecule has 1 N–H and O–H groups in total. The average molecular weight is 370 g/mol. The molecule has 2 aromatic rings. The number of ether oxygens (including phenoxy) is 1. The standard InChI is InChI=1S/C15H10Cl2FN3O3/c16-11-3-8(18)4-12(17)10(11)7-24-9-1-2-13(19-5-9)21-6-14(22)20-15(21)23/h1-5H,6-7H2,(H,20,22,23). The van der Waals surface area contributed by atoms with Crippen LogP contribution in [0.3, 0.4) is 0 Å². The van der Waals surface area contributed by atoms with Crippen molar-refractivity contribution in [2.75, 3.05) is 11.4 Å². The van der Waals surface area contributed by atoms with Crippen molar-refractivity contribution >= 4 is 41.0 Å². The van der Waals surface area contributed by atoms with E-state index in [9.17, 15) is 14.0 Å². The number of hydrogen-bond donors (Lipinski definition) is 1. The highest BCUT2D eigenvalue weighted by Gasteiger charge is 2.28. The maximum Gasteiger partial charge on any atom is 0.330 e. The van der Waals surface area contributed by atoms with Gasteiger partial charge in [-0.05, 0) is 24.3 Å². The van der Waals surface area contributed by atoms with Crippen LogP contribution in [-0.4, -0.2) is 23.5 Å². The number of nitrogens with one attached hydrogen (secondary N) is 1. The molecule has 0 radical (unpaired) electrons. The minimum atomic E-state index is -0.529. The Bertz CT molecular complexity index is 791. The van der Waals surface area contributed by atoms with E-state index in [1.165, 1.54) is 11.1 Å². The Morgan fingerprint density at radius 1 is 1.25 bits per heavy atom. The molecule has 2 heterocycles. The molecule has 9 heteroatoms. The average Bonchev–Trinajstić information content (AvgIpc) is 2.85. The molecule has 0 aliphatic carbocycles. The molecular formula is C15H10Cl2FN3O3. The molecule has 24 heavy (non-hydrogen) atoms. The SMILES string of the molecule is O=C1CN(c2ccc(OCc3c(Cl)cc(F)cc3Cl)cn2)C(=O)N1. The molecule has 0 bridgehead atoms. The van der Waals surface area contributed by atoms with Crippen molar-refractivity contribution < 1.29 is 18.7 Å². The lowest BCUT2D eigenvalue weighted by Gasteiger charge is -2.13. The maximum absolute atomic E-state index is 13.1. The number of hydrogen-bond acceptors (Lipinski definition) is 4. The second kappa shape index (κ2) is 6.62. The summed E-state index contributed by atoms with van der Waals surface area (Å²) < 4.78 is 18.7. The van der Waals surface area contributed by atoms with E-state index >= 15 is 0 Å². The molecular weight excluding hydrogens is 360 g/mol. The van der Waals surface area contributed by atoms with Gasteiger partial charge in [0.05, 0.1) is 16.2 Å². The summed E-state index contributed by atoms with van der Waals surface area (Å²) in [6.45, 7) is -0.0471. The van der Waals surface area contributed by atoms with Crippen LogP contribution in [0.25, 0.3) is 0 Å². The summed E-state index contributed by atoms with van der Waals surface area (Å²) in [5.41, 5.74) is 0.452. The molecule has 3 rings (SSSR count). The number of aromatic nitrogens is 1. The highest BCUT2D eigenvalue weighted by atomic mass is 35.5. The minimum Gasteiger partial charge on any atom is -0.487 e. The summed E-state index contributed by atoms with van der Waals surface area (Å²) in [5.74, 6) is -0.189. The van der Waals surface area contributed by atoms with Crippen molar-refractivity contribution in [1.29, 1.82) is 0 Å². The number of anilines is 1. The van der Waals surface area contributed by atoms with E-state index in [0.717, 1.165) is 12.1 Å². The fraction of sp³-hybridized carbons (Fsp3) is 0.133. The normalized spacial score (nSPS) is 14.0. The number of carbonyl (C=O) groups excluding carboxylic acids is 2. The van der Waals surface area contributed by atoms with Crippen LogP contribution in [0.1, 0.15) is 5.56 Å². The summed E-state index contributed by atoms with van der Waals surface area (Å²) in [5, 5.41) is 2.49. The number of rotatable bonds is 4. The molecule has 0 unspecified atom stereocenters. The van der Waals surface area contributed by atoms with Crippen molar-refractivity contribution in [2.24, 2.45) is 0 Å². The monoisotopic (exact) mass is 369 g/mol. The van der Waals surface area contributed by atoms with Crippen molar-refractivity contribution in [2.45, 2.75) is 6.61 Å². The summed E-state index contributed by atoms with van der Waals surface area (Å²) >= 11 is 11.9. The third kappa shape index (κ3) is 3.42. The van der Waals surface area contributed by atoms with Gasteiger partial charge in [0, 0.05) is 5.56 Å². The second-order valence-corrected chi connectivity index (χ2v) is 5.74. The summed E-state index contributed by atoms with van der Waals surface area (Å²) in [6.07, 6.45) is 1.40. The Kier molecular flexibility index (Phi) is 4.55. The van der Waals surface area contributed by atoms with Crippen LogP contribution in [-0.2, 0) is 11.4 Å². The fourth-order valence-electron chi connectivity index (χ4n) is 2.11. The summed E-state index contributed by atoms with van der Waals surface area (Å²) in [7, 11) is 0. The van der Waals surface area contributed by atoms with Gasteiger partial charge in [0.15, 0.2) is 0 Å². The molecule has 1 aliphatic rings. The van der Waals surface area contributed by atoms with Crippen LogP contribution >= 0.6 is 23.2 Å². The number of carbonyl (C=O) groups is 2. The smallest absolute Gasteiger partial charge is 0.330 e. The van der Waals surface area contributed by atoms with E-state index in [4.69, 9.17) is 27.9 Å². The van der Waals surface area contributed by atoms with Crippen LogP contribution in [0.5, 0.6) is 5.75 Å². The van der Waals surface area contributed by atoms with E-state index in [1.54, 1.807) is 12.1 Å². The first-order chi connectivity index (χ1) is 11.4. The Labute approximate surface area is 146 Å². The molecule has 1 fully saturated rings. The quantitative estimate of drug-likeness (QED) is 0.840. The van der Waals surface area contributed by atoms with E-state index in [2.05, 4.69) is 10.3 Å². The molecule has 0 spiro atoms. The van der Waals surface area contributed by atoms with Crippen LogP contribution in [0.15, 0.2) is 30.5 Å². The van der Waals surface area contributed by atoms with Gasteiger partial charge in [-0.25, -0.2) is 14.2 Å². The lowest BCUT2D eigenvalue weighted by molar-refractivity contribution is -0.117. The molecule has 1 saturated heterocycles. The molecule has 124 valence electrons. The number of amides is 3. The molecule has 0 atom stereocenters. The third-order valence-corrected chi connectivity index (χ3v) is 3.95. The van der Waals surface area contributed by atoms with Crippen molar-refractivity contribution in [3.05, 3.63) is 51.9 Å². The summed E-state index contributed by atoms with van der Waals surface area (Å²) in [6, 6.07) is 4.91. The molecule has 0 saturated carbocycles. The molecule has 6 nitrogen and oxygen atoms in total. The van der Waals surface area contributed by atoms with Gasteiger partial charge in [0.1, 0.15) is 30.5 Å². The Morgan fingerprint density at radius 2 is 1.96 bits per heavy atom. The minimum absolute atomic E-state index is 0.0294. The van der Waals surface area contributed by atoms with Gasteiger partial charge in [0.2, 0.25) is 5.91 Å². The van der Waals surface area contributed by atoms with E-state index in [-0.39, 0.29) is 29.1 Å². The zero-order valence-corrected chi connectivity index (χ0v) is 13.6. The number of benzene rings is 1. The van der Waals surface area contributed by atoms with Crippen LogP contribution in [0.2, 0.25) is 10.0 Å². The molecule has 1 aliphatic heterocycles. The maximum atomic E-state index is 13.1. The fourth-order valence-corrected chi connectivity index (χ4v) is 2.68.